The summed E-state index contributed by atoms with van der Waals surface area (Å²) >= 11 is 0. The van der Waals surface area contributed by atoms with Crippen LogP contribution in [0.3, 0.4) is 0 Å². The molecule has 2 aliphatic heterocycles. The molecule has 2 aliphatic rings. The lowest BCUT2D eigenvalue weighted by molar-refractivity contribution is -0.158. The number of fused-ring (bicyclic) bond motifs is 2. The van der Waals surface area contributed by atoms with Crippen molar-refractivity contribution in [2.24, 2.45) is 4.99 Å². The second-order valence-electron chi connectivity index (χ2n) is 8.98. The first kappa shape index (κ1) is 18.7. The molecule has 0 atom stereocenters. The van der Waals surface area contributed by atoms with Crippen molar-refractivity contribution < 1.29 is 5.21 Å². The molecule has 0 spiro atoms. The first-order valence-electron chi connectivity index (χ1n) is 10.2. The zero-order valence-electron chi connectivity index (χ0n) is 17.7. The SMILES string of the molecule is CC1(C)N=C(c2ccc(-c3ccc4c(c3)Nc3ccccc3N4)cc2)N([O])C1(C)C. The zero-order valence-corrected chi connectivity index (χ0v) is 17.7. The molecule has 0 saturated heterocycles. The van der Waals surface area contributed by atoms with Crippen LogP contribution in [0.2, 0.25) is 0 Å². The molecule has 3 aromatic rings. The van der Waals surface area contributed by atoms with Gasteiger partial charge in [0, 0.05) is 5.56 Å². The molecule has 5 rings (SSSR count). The fourth-order valence-electron chi connectivity index (χ4n) is 3.88. The minimum Gasteiger partial charge on any atom is -0.352 e. The summed E-state index contributed by atoms with van der Waals surface area (Å²) in [5.41, 5.74) is 6.29. The standard InChI is InChI=1S/C25H25N4O/c1-24(2)25(3,4)29(30)23(28-24)17-11-9-16(10-12-17)18-13-14-21-22(15-18)27-20-8-6-5-7-19(20)26-21/h5-15,26-27H,1-4H3. The van der Waals surface area contributed by atoms with Crippen molar-refractivity contribution in [1.82, 2.24) is 5.06 Å². The van der Waals surface area contributed by atoms with Crippen LogP contribution in [-0.4, -0.2) is 22.0 Å². The second-order valence-corrected chi connectivity index (χ2v) is 8.98. The molecule has 0 aliphatic carbocycles. The number of hydroxylamine groups is 2. The van der Waals surface area contributed by atoms with E-state index < -0.39 is 11.1 Å². The number of nitrogens with zero attached hydrogens (tertiary/aromatic N) is 2. The van der Waals surface area contributed by atoms with E-state index in [4.69, 9.17) is 4.99 Å². The number of para-hydroxylation sites is 2. The normalized spacial score (nSPS) is 18.0. The molecule has 151 valence electrons. The minimum atomic E-state index is -0.575. The molecule has 2 N–H and O–H groups in total. The number of rotatable bonds is 2. The number of benzene rings is 3. The van der Waals surface area contributed by atoms with E-state index in [1.54, 1.807) is 0 Å². The van der Waals surface area contributed by atoms with Gasteiger partial charge in [0.2, 0.25) is 0 Å². The number of hydrogen-bond donors (Lipinski definition) is 2. The van der Waals surface area contributed by atoms with Crippen LogP contribution in [-0.2, 0) is 5.21 Å². The molecule has 2 heterocycles. The number of anilines is 4. The summed E-state index contributed by atoms with van der Waals surface area (Å²) in [5.74, 6) is 0.504. The van der Waals surface area contributed by atoms with E-state index in [0.717, 1.165) is 44.5 Å². The maximum atomic E-state index is 12.8. The number of nitrogens with one attached hydrogen (secondary N) is 2. The van der Waals surface area contributed by atoms with E-state index in [1.165, 1.54) is 0 Å². The Morgan fingerprint density at radius 1 is 0.700 bits per heavy atom. The van der Waals surface area contributed by atoms with Crippen molar-refractivity contribution >= 4 is 28.6 Å². The summed E-state index contributed by atoms with van der Waals surface area (Å²) in [6.45, 7) is 7.89. The van der Waals surface area contributed by atoms with Crippen LogP contribution < -0.4 is 10.6 Å². The third kappa shape index (κ3) is 2.77. The van der Waals surface area contributed by atoms with E-state index >= 15 is 0 Å². The molecule has 0 fully saturated rings. The zero-order chi connectivity index (χ0) is 21.1. The van der Waals surface area contributed by atoms with Crippen LogP contribution in [0.1, 0.15) is 33.3 Å². The van der Waals surface area contributed by atoms with Crippen LogP contribution in [0.4, 0.5) is 22.7 Å². The van der Waals surface area contributed by atoms with Gasteiger partial charge in [0.15, 0.2) is 5.84 Å². The molecule has 0 amide bonds. The van der Waals surface area contributed by atoms with E-state index in [2.05, 4.69) is 53.1 Å². The Bertz CT molecular complexity index is 1160. The molecule has 30 heavy (non-hydrogen) atoms. The molecule has 5 heteroatoms. The second kappa shape index (κ2) is 6.34. The summed E-state index contributed by atoms with van der Waals surface area (Å²) in [7, 11) is 0. The quantitative estimate of drug-likeness (QED) is 0.428. The van der Waals surface area contributed by atoms with Gasteiger partial charge in [-0.2, -0.15) is 5.06 Å². The molecule has 3 aromatic carbocycles. The van der Waals surface area contributed by atoms with E-state index in [-0.39, 0.29) is 0 Å². The predicted molar refractivity (Wildman–Crippen MR) is 122 cm³/mol. The molecular formula is C25H25N4O. The van der Waals surface area contributed by atoms with Gasteiger partial charge in [0.1, 0.15) is 0 Å². The van der Waals surface area contributed by atoms with Crippen LogP contribution >= 0.6 is 0 Å². The van der Waals surface area contributed by atoms with Gasteiger partial charge in [0.25, 0.3) is 0 Å². The summed E-state index contributed by atoms with van der Waals surface area (Å²) in [5, 5.41) is 20.8. The van der Waals surface area contributed by atoms with Crippen molar-refractivity contribution in [3.63, 3.8) is 0 Å². The lowest BCUT2D eigenvalue weighted by atomic mass is 9.84. The topological polar surface area (TPSA) is 59.6 Å². The van der Waals surface area contributed by atoms with Gasteiger partial charge in [0.05, 0.1) is 33.8 Å². The van der Waals surface area contributed by atoms with Crippen molar-refractivity contribution in [2.45, 2.75) is 38.8 Å². The van der Waals surface area contributed by atoms with Crippen LogP contribution in [0.25, 0.3) is 11.1 Å². The lowest BCUT2D eigenvalue weighted by Crippen LogP contribution is -2.50. The number of aliphatic imine (C=N–C) groups is 1. The smallest absolute Gasteiger partial charge is 0.159 e. The van der Waals surface area contributed by atoms with Gasteiger partial charge in [-0.15, -0.1) is 0 Å². The molecule has 0 unspecified atom stereocenters. The Balaban J connectivity index is 1.44. The van der Waals surface area contributed by atoms with Gasteiger partial charge in [-0.05, 0) is 63.1 Å². The summed E-state index contributed by atoms with van der Waals surface area (Å²) in [6, 6.07) is 22.6. The fraction of sp³-hybridized carbons (Fsp3) is 0.240. The fourth-order valence-corrected chi connectivity index (χ4v) is 3.88. The average Bonchev–Trinajstić information content (AvgIpc) is 2.91. The Morgan fingerprint density at radius 3 is 1.83 bits per heavy atom. The summed E-state index contributed by atoms with van der Waals surface area (Å²) in [6.07, 6.45) is 0. The Kier molecular flexibility index (Phi) is 3.95. The molecular weight excluding hydrogens is 372 g/mol. The van der Waals surface area contributed by atoms with Crippen molar-refractivity contribution in [3.8, 4) is 11.1 Å². The first-order valence-corrected chi connectivity index (χ1v) is 10.2. The third-order valence-corrected chi connectivity index (χ3v) is 6.54. The van der Waals surface area contributed by atoms with E-state index in [0.29, 0.717) is 5.84 Å². The van der Waals surface area contributed by atoms with Gasteiger partial charge in [-0.3, -0.25) is 4.99 Å². The van der Waals surface area contributed by atoms with Gasteiger partial charge >= 0.3 is 0 Å². The molecule has 5 nitrogen and oxygen atoms in total. The number of amidine groups is 1. The largest absolute Gasteiger partial charge is 0.352 e. The monoisotopic (exact) mass is 397 g/mol. The highest BCUT2D eigenvalue weighted by molar-refractivity contribution is 6.00. The van der Waals surface area contributed by atoms with Crippen LogP contribution in [0.15, 0.2) is 71.7 Å². The minimum absolute atomic E-state index is 0.434. The third-order valence-electron chi connectivity index (χ3n) is 6.54. The maximum absolute atomic E-state index is 12.8. The van der Waals surface area contributed by atoms with Crippen molar-refractivity contribution in [1.29, 1.82) is 0 Å². The van der Waals surface area contributed by atoms with E-state index in [1.807, 2.05) is 52.0 Å². The highest BCUT2D eigenvalue weighted by Gasteiger charge is 2.50. The van der Waals surface area contributed by atoms with Gasteiger partial charge < -0.3 is 10.6 Å². The molecule has 0 saturated carbocycles. The van der Waals surface area contributed by atoms with E-state index in [9.17, 15) is 5.21 Å². The Labute approximate surface area is 177 Å². The molecule has 0 bridgehead atoms. The lowest BCUT2D eigenvalue weighted by Gasteiger charge is -2.35. The predicted octanol–water partition coefficient (Wildman–Crippen LogP) is 6.12. The number of hydrogen-bond acceptors (Lipinski definition) is 4. The highest BCUT2D eigenvalue weighted by Crippen LogP contribution is 2.41. The van der Waals surface area contributed by atoms with Crippen LogP contribution in [0.5, 0.6) is 0 Å². The highest BCUT2D eigenvalue weighted by atomic mass is 16.5. The van der Waals surface area contributed by atoms with Crippen molar-refractivity contribution in [3.05, 3.63) is 72.3 Å². The first-order chi connectivity index (χ1) is 14.3. The van der Waals surface area contributed by atoms with Gasteiger partial charge in [-0.25, -0.2) is 0 Å². The van der Waals surface area contributed by atoms with Gasteiger partial charge in [-0.1, -0.05) is 47.7 Å². The molecule has 1 radical (unpaired) electrons. The van der Waals surface area contributed by atoms with Crippen LogP contribution in [0, 0.1) is 0 Å². The summed E-state index contributed by atoms with van der Waals surface area (Å²) < 4.78 is 0. The Hall–Kier alpha value is -3.31. The molecule has 0 aromatic heterocycles. The van der Waals surface area contributed by atoms with Crippen molar-refractivity contribution in [2.75, 3.05) is 10.6 Å². The average molecular weight is 398 g/mol. The Morgan fingerprint density at radius 2 is 1.23 bits per heavy atom. The maximum Gasteiger partial charge on any atom is 0.159 e. The summed E-state index contributed by atoms with van der Waals surface area (Å²) in [4.78, 5) is 4.72.